The topological polar surface area (TPSA) is 84.2 Å². The molecule has 228 valence electrons. The van der Waals surface area contributed by atoms with Crippen LogP contribution < -0.4 is 10.6 Å². The summed E-state index contributed by atoms with van der Waals surface area (Å²) in [6.45, 7) is 20.4. The first kappa shape index (κ1) is 30.8. The molecule has 0 spiro atoms. The van der Waals surface area contributed by atoms with E-state index in [1.54, 1.807) is 23.2 Å². The second-order valence-electron chi connectivity index (χ2n) is 12.0. The Morgan fingerprint density at radius 2 is 1.70 bits per heavy atom. The monoisotopic (exact) mass is 594 g/mol. The molecule has 4 aromatic rings. The van der Waals surface area contributed by atoms with E-state index in [0.29, 0.717) is 35.5 Å². The van der Waals surface area contributed by atoms with Crippen LogP contribution in [0.5, 0.6) is 0 Å². The minimum atomic E-state index is -0.542. The lowest BCUT2D eigenvalue weighted by Gasteiger charge is -2.45. The number of rotatable bonds is 7. The highest BCUT2D eigenvalue weighted by Gasteiger charge is 2.35. The lowest BCUT2D eigenvalue weighted by atomic mass is 9.97. The smallest absolute Gasteiger partial charge is 0.347 e. The van der Waals surface area contributed by atoms with Crippen LogP contribution in [-0.4, -0.2) is 55.5 Å². The van der Waals surface area contributed by atoms with Crippen molar-refractivity contribution in [3.8, 4) is 16.9 Å². The number of hydrogen-bond acceptors (Lipinski definition) is 6. The molecule has 0 aliphatic carbocycles. The number of aromatic nitrogens is 4. The Morgan fingerprint density at radius 3 is 2.32 bits per heavy atom. The molecule has 0 unspecified atom stereocenters. The number of benzene rings is 1. The van der Waals surface area contributed by atoms with Crippen molar-refractivity contribution in [2.75, 3.05) is 18.0 Å². The zero-order chi connectivity index (χ0) is 31.9. The number of amides is 1. The average molecular weight is 595 g/mol. The van der Waals surface area contributed by atoms with Gasteiger partial charge in [-0.2, -0.15) is 4.98 Å². The number of hydrogen-bond donors (Lipinski definition) is 0. The first-order chi connectivity index (χ1) is 21.0. The summed E-state index contributed by atoms with van der Waals surface area (Å²) in [5, 5.41) is 0.400. The fourth-order valence-corrected chi connectivity index (χ4v) is 6.25. The number of anilines is 1. The van der Waals surface area contributed by atoms with E-state index in [1.165, 1.54) is 16.7 Å². The Labute approximate surface area is 257 Å². The van der Waals surface area contributed by atoms with Crippen LogP contribution in [0.1, 0.15) is 70.2 Å². The first-order valence-electron chi connectivity index (χ1n) is 15.0. The minimum absolute atomic E-state index is 0.0118. The molecule has 1 fully saturated rings. The SMILES string of the molecule is C=CC(=O)N1C[C@H](C)N(c2nc(=O)n(-c3c(C(C)C)ccnc3C(C)C)c3nc(-c4ccccc4C=C)c(F)cc23)[C@@H](C)C1. The van der Waals surface area contributed by atoms with Gasteiger partial charge in [-0.15, -0.1) is 0 Å². The highest BCUT2D eigenvalue weighted by atomic mass is 19.1. The average Bonchev–Trinajstić information content (AvgIpc) is 2.99. The number of piperazine rings is 1. The highest BCUT2D eigenvalue weighted by Crippen LogP contribution is 2.36. The van der Waals surface area contributed by atoms with E-state index in [1.807, 2.05) is 56.9 Å². The van der Waals surface area contributed by atoms with Crippen LogP contribution in [-0.2, 0) is 4.79 Å². The van der Waals surface area contributed by atoms with Crippen molar-refractivity contribution in [3.63, 3.8) is 0 Å². The molecule has 1 aliphatic heterocycles. The fraction of sp³-hybridized carbons (Fsp3) is 0.343. The third-order valence-electron chi connectivity index (χ3n) is 8.26. The molecule has 9 heteroatoms. The quantitative estimate of drug-likeness (QED) is 0.228. The van der Waals surface area contributed by atoms with Crippen LogP contribution in [0, 0.1) is 5.82 Å². The second-order valence-corrected chi connectivity index (χ2v) is 12.0. The number of nitrogens with zero attached hydrogens (tertiary/aromatic N) is 6. The van der Waals surface area contributed by atoms with Gasteiger partial charge in [0.1, 0.15) is 17.3 Å². The second kappa shape index (κ2) is 12.1. The van der Waals surface area contributed by atoms with Gasteiger partial charge in [-0.05, 0) is 55.0 Å². The summed E-state index contributed by atoms with van der Waals surface area (Å²) in [6.07, 6.45) is 4.72. The Hall–Kier alpha value is -4.66. The molecular formula is C35H39FN6O2. The third kappa shape index (κ3) is 5.31. The summed E-state index contributed by atoms with van der Waals surface area (Å²) in [7, 11) is 0. The van der Waals surface area contributed by atoms with Gasteiger partial charge in [0.2, 0.25) is 5.91 Å². The summed E-state index contributed by atoms with van der Waals surface area (Å²) >= 11 is 0. The van der Waals surface area contributed by atoms with Gasteiger partial charge in [-0.25, -0.2) is 18.7 Å². The van der Waals surface area contributed by atoms with Crippen LogP contribution >= 0.6 is 0 Å². The van der Waals surface area contributed by atoms with Crippen molar-refractivity contribution < 1.29 is 9.18 Å². The van der Waals surface area contributed by atoms with E-state index in [-0.39, 0.29) is 41.2 Å². The molecule has 0 radical (unpaired) electrons. The van der Waals surface area contributed by atoms with Gasteiger partial charge in [0.25, 0.3) is 0 Å². The van der Waals surface area contributed by atoms with Crippen molar-refractivity contribution in [3.05, 3.63) is 95.0 Å². The standard InChI is InChI=1S/C35H39FN6O2/c1-9-24-13-11-12-14-26(24)31-28(36)17-27-33(38-31)42(32-25(20(3)4)15-16-37-30(32)21(5)6)35(44)39-34(27)41-22(7)18-40(19-23(41)8)29(43)10-2/h9-17,20-23H,1-2,18-19H2,3-8H3/t22-,23-/m0/s1. The molecule has 1 saturated heterocycles. The van der Waals surface area contributed by atoms with Gasteiger partial charge in [-0.1, -0.05) is 71.2 Å². The maximum Gasteiger partial charge on any atom is 0.355 e. The summed E-state index contributed by atoms with van der Waals surface area (Å²) in [5.41, 5.74) is 3.42. The molecule has 1 aromatic carbocycles. The number of fused-ring (bicyclic) bond motifs is 1. The van der Waals surface area contributed by atoms with Gasteiger partial charge >= 0.3 is 5.69 Å². The predicted octanol–water partition coefficient (Wildman–Crippen LogP) is 6.48. The Kier molecular flexibility index (Phi) is 8.50. The van der Waals surface area contributed by atoms with Crippen LogP contribution in [0.15, 0.2) is 66.6 Å². The van der Waals surface area contributed by atoms with Crippen molar-refractivity contribution in [1.82, 2.24) is 24.4 Å². The molecule has 44 heavy (non-hydrogen) atoms. The maximum atomic E-state index is 16.2. The molecule has 5 rings (SSSR count). The van der Waals surface area contributed by atoms with E-state index >= 15 is 4.39 Å². The molecule has 0 N–H and O–H groups in total. The van der Waals surface area contributed by atoms with Crippen LogP contribution in [0.2, 0.25) is 0 Å². The van der Waals surface area contributed by atoms with E-state index in [2.05, 4.69) is 37.0 Å². The minimum Gasteiger partial charge on any atom is -0.347 e. The van der Waals surface area contributed by atoms with E-state index in [0.717, 1.165) is 16.8 Å². The third-order valence-corrected chi connectivity index (χ3v) is 8.26. The zero-order valence-electron chi connectivity index (χ0n) is 26.2. The lowest BCUT2D eigenvalue weighted by Crippen LogP contribution is -2.58. The summed E-state index contributed by atoms with van der Waals surface area (Å²) in [4.78, 5) is 44.7. The predicted molar refractivity (Wildman–Crippen MR) is 175 cm³/mol. The molecule has 1 amide bonds. The largest absolute Gasteiger partial charge is 0.355 e. The van der Waals surface area contributed by atoms with Gasteiger partial charge < -0.3 is 9.80 Å². The molecule has 8 nitrogen and oxygen atoms in total. The number of carbonyl (C=O) groups is 1. The zero-order valence-corrected chi connectivity index (χ0v) is 26.2. The summed E-state index contributed by atoms with van der Waals surface area (Å²) < 4.78 is 17.7. The van der Waals surface area contributed by atoms with Crippen molar-refractivity contribution in [2.24, 2.45) is 0 Å². The Balaban J connectivity index is 1.88. The van der Waals surface area contributed by atoms with Crippen molar-refractivity contribution >= 4 is 28.8 Å². The van der Waals surface area contributed by atoms with Crippen molar-refractivity contribution in [1.29, 1.82) is 0 Å². The summed E-state index contributed by atoms with van der Waals surface area (Å²) in [5.74, 6) is -0.316. The van der Waals surface area contributed by atoms with Crippen LogP contribution in [0.3, 0.4) is 0 Å². The molecule has 0 saturated carbocycles. The van der Waals surface area contributed by atoms with E-state index in [9.17, 15) is 9.59 Å². The molecule has 3 aromatic heterocycles. The number of carbonyl (C=O) groups excluding carboxylic acids is 1. The maximum absolute atomic E-state index is 16.2. The Morgan fingerprint density at radius 1 is 1.02 bits per heavy atom. The van der Waals surface area contributed by atoms with Crippen LogP contribution in [0.25, 0.3) is 34.1 Å². The van der Waals surface area contributed by atoms with Gasteiger partial charge in [0.15, 0.2) is 5.65 Å². The lowest BCUT2D eigenvalue weighted by molar-refractivity contribution is -0.127. The molecule has 4 heterocycles. The van der Waals surface area contributed by atoms with Gasteiger partial charge in [-0.3, -0.25) is 9.78 Å². The number of halogens is 1. The first-order valence-corrected chi connectivity index (χ1v) is 15.0. The molecule has 1 aliphatic rings. The van der Waals surface area contributed by atoms with Crippen molar-refractivity contribution in [2.45, 2.75) is 65.5 Å². The van der Waals surface area contributed by atoms with Gasteiger partial charge in [0, 0.05) is 36.9 Å². The van der Waals surface area contributed by atoms with Gasteiger partial charge in [0.05, 0.1) is 16.8 Å². The molecule has 2 atom stereocenters. The van der Waals surface area contributed by atoms with Crippen LogP contribution in [0.4, 0.5) is 10.2 Å². The van der Waals surface area contributed by atoms with E-state index < -0.39 is 11.5 Å². The van der Waals surface area contributed by atoms with E-state index in [4.69, 9.17) is 4.98 Å². The fourth-order valence-electron chi connectivity index (χ4n) is 6.25. The molecule has 0 bridgehead atoms. The normalized spacial score (nSPS) is 17.0. The number of pyridine rings is 2. The molecular weight excluding hydrogens is 555 g/mol. The Bertz CT molecular complexity index is 1790. The highest BCUT2D eigenvalue weighted by molar-refractivity contribution is 5.92. The summed E-state index contributed by atoms with van der Waals surface area (Å²) in [6, 6.07) is 10.2.